The summed E-state index contributed by atoms with van der Waals surface area (Å²) in [6.07, 6.45) is 3.46. The van der Waals surface area contributed by atoms with E-state index in [9.17, 15) is 9.18 Å². The van der Waals surface area contributed by atoms with Gasteiger partial charge in [-0.25, -0.2) is 14.4 Å². The van der Waals surface area contributed by atoms with Gasteiger partial charge < -0.3 is 10.2 Å². The second kappa shape index (κ2) is 8.02. The van der Waals surface area contributed by atoms with Crippen LogP contribution in [0.3, 0.4) is 0 Å². The third kappa shape index (κ3) is 4.73. The molecule has 3 rings (SSSR count). The van der Waals surface area contributed by atoms with Gasteiger partial charge in [-0.2, -0.15) is 0 Å². The van der Waals surface area contributed by atoms with Crippen LogP contribution in [0.4, 0.5) is 10.3 Å². The average Bonchev–Trinajstić information content (AvgIpc) is 2.64. The van der Waals surface area contributed by atoms with Crippen molar-refractivity contribution in [3.05, 3.63) is 53.6 Å². The van der Waals surface area contributed by atoms with Gasteiger partial charge >= 0.3 is 0 Å². The summed E-state index contributed by atoms with van der Waals surface area (Å²) in [4.78, 5) is 24.8. The maximum absolute atomic E-state index is 13.5. The largest absolute Gasteiger partial charge is 0.351 e. The van der Waals surface area contributed by atoms with E-state index in [4.69, 9.17) is 0 Å². The van der Waals surface area contributed by atoms with E-state index in [1.807, 2.05) is 6.07 Å². The molecule has 0 bridgehead atoms. The Morgan fingerprint density at radius 2 is 1.92 bits per heavy atom. The molecule has 1 N–H and O–H groups in total. The molecule has 2 aromatic rings. The van der Waals surface area contributed by atoms with Crippen molar-refractivity contribution in [1.82, 2.24) is 20.2 Å². The zero-order valence-corrected chi connectivity index (χ0v) is 14.3. The number of hydrogen-bond donors (Lipinski definition) is 1. The molecular weight excluding hydrogens is 321 g/mol. The molecule has 2 heterocycles. The summed E-state index contributed by atoms with van der Waals surface area (Å²) in [5, 5.41) is 2.85. The molecule has 25 heavy (non-hydrogen) atoms. The molecule has 0 spiro atoms. The quantitative estimate of drug-likeness (QED) is 0.888. The minimum Gasteiger partial charge on any atom is -0.351 e. The summed E-state index contributed by atoms with van der Waals surface area (Å²) >= 11 is 0. The summed E-state index contributed by atoms with van der Waals surface area (Å²) in [6, 6.07) is 6.82. The van der Waals surface area contributed by atoms with Crippen LogP contribution in [0.25, 0.3) is 0 Å². The molecule has 1 saturated heterocycles. The molecule has 1 aromatic heterocycles. The molecule has 0 unspecified atom stereocenters. The van der Waals surface area contributed by atoms with E-state index in [-0.39, 0.29) is 11.7 Å². The zero-order valence-electron chi connectivity index (χ0n) is 14.3. The molecule has 6 nitrogen and oxygen atoms in total. The van der Waals surface area contributed by atoms with Crippen molar-refractivity contribution in [3.63, 3.8) is 0 Å². The van der Waals surface area contributed by atoms with Gasteiger partial charge in [-0.1, -0.05) is 12.1 Å². The van der Waals surface area contributed by atoms with Crippen LogP contribution in [-0.4, -0.2) is 53.5 Å². The number of benzene rings is 1. The normalized spacial score (nSPS) is 15.2. The van der Waals surface area contributed by atoms with Crippen LogP contribution in [0, 0.1) is 12.7 Å². The van der Waals surface area contributed by atoms with E-state index in [1.54, 1.807) is 31.5 Å². The molecule has 0 radical (unpaired) electrons. The number of carbonyl (C=O) groups excluding carboxylic acids is 1. The second-order valence-corrected chi connectivity index (χ2v) is 6.17. The Kier molecular flexibility index (Phi) is 5.55. The first kappa shape index (κ1) is 17.3. The van der Waals surface area contributed by atoms with E-state index in [0.717, 1.165) is 37.7 Å². The Bertz CT molecular complexity index is 717. The molecule has 1 aliphatic rings. The number of nitrogens with zero attached hydrogens (tertiary/aromatic N) is 4. The summed E-state index contributed by atoms with van der Waals surface area (Å²) in [5.74, 6) is 0.435. The van der Waals surface area contributed by atoms with Crippen molar-refractivity contribution < 1.29 is 9.18 Å². The van der Waals surface area contributed by atoms with Crippen molar-refractivity contribution in [2.24, 2.45) is 0 Å². The Morgan fingerprint density at radius 3 is 2.60 bits per heavy atom. The van der Waals surface area contributed by atoms with Crippen LogP contribution >= 0.6 is 0 Å². The maximum atomic E-state index is 13.5. The number of aromatic nitrogens is 2. The lowest BCUT2D eigenvalue weighted by molar-refractivity contribution is -0.122. The fraction of sp³-hybridized carbons (Fsp3) is 0.389. The third-order valence-electron chi connectivity index (χ3n) is 4.30. The van der Waals surface area contributed by atoms with Crippen molar-refractivity contribution in [1.29, 1.82) is 0 Å². The molecule has 1 amide bonds. The molecule has 1 aliphatic heterocycles. The number of rotatable bonds is 5. The van der Waals surface area contributed by atoms with Gasteiger partial charge in [0, 0.05) is 45.1 Å². The highest BCUT2D eigenvalue weighted by Crippen LogP contribution is 2.10. The molecule has 1 aromatic carbocycles. The number of anilines is 1. The van der Waals surface area contributed by atoms with Gasteiger partial charge in [-0.05, 0) is 30.2 Å². The van der Waals surface area contributed by atoms with Gasteiger partial charge in [0.15, 0.2) is 0 Å². The fourth-order valence-corrected chi connectivity index (χ4v) is 2.77. The van der Waals surface area contributed by atoms with Crippen LogP contribution in [0.2, 0.25) is 0 Å². The smallest absolute Gasteiger partial charge is 0.234 e. The SMILES string of the molecule is Cc1ccc(CNC(=O)CN2CCN(c3ncccn3)CC2)cc1F. The van der Waals surface area contributed by atoms with E-state index < -0.39 is 0 Å². The minimum atomic E-state index is -0.244. The van der Waals surface area contributed by atoms with E-state index in [2.05, 4.69) is 25.1 Å². The molecule has 0 saturated carbocycles. The lowest BCUT2D eigenvalue weighted by Gasteiger charge is -2.34. The van der Waals surface area contributed by atoms with Crippen molar-refractivity contribution >= 4 is 11.9 Å². The van der Waals surface area contributed by atoms with Gasteiger partial charge in [0.25, 0.3) is 0 Å². The fourth-order valence-electron chi connectivity index (χ4n) is 2.77. The molecule has 7 heteroatoms. The van der Waals surface area contributed by atoms with Crippen molar-refractivity contribution in [3.8, 4) is 0 Å². The minimum absolute atomic E-state index is 0.0506. The first-order chi connectivity index (χ1) is 12.1. The van der Waals surface area contributed by atoms with Gasteiger partial charge in [0.2, 0.25) is 11.9 Å². The van der Waals surface area contributed by atoms with Gasteiger partial charge in [-0.3, -0.25) is 9.69 Å². The molecule has 0 aliphatic carbocycles. The number of amides is 1. The van der Waals surface area contributed by atoms with Crippen molar-refractivity contribution in [2.45, 2.75) is 13.5 Å². The first-order valence-corrected chi connectivity index (χ1v) is 8.38. The summed E-state index contributed by atoms with van der Waals surface area (Å²) in [5.41, 5.74) is 1.37. The highest BCUT2D eigenvalue weighted by Gasteiger charge is 2.20. The summed E-state index contributed by atoms with van der Waals surface area (Å²) in [6.45, 7) is 5.56. The number of aryl methyl sites for hydroxylation is 1. The van der Waals surface area contributed by atoms with Gasteiger partial charge in [-0.15, -0.1) is 0 Å². The van der Waals surface area contributed by atoms with Crippen LogP contribution in [-0.2, 0) is 11.3 Å². The van der Waals surface area contributed by atoms with Crippen LogP contribution in [0.1, 0.15) is 11.1 Å². The first-order valence-electron chi connectivity index (χ1n) is 8.38. The van der Waals surface area contributed by atoms with E-state index in [1.165, 1.54) is 6.07 Å². The lowest BCUT2D eigenvalue weighted by atomic mass is 10.1. The van der Waals surface area contributed by atoms with Crippen LogP contribution in [0.15, 0.2) is 36.7 Å². The van der Waals surface area contributed by atoms with E-state index >= 15 is 0 Å². The number of carbonyl (C=O) groups is 1. The zero-order chi connectivity index (χ0) is 17.6. The van der Waals surface area contributed by atoms with Gasteiger partial charge in [0.05, 0.1) is 6.54 Å². The van der Waals surface area contributed by atoms with Crippen LogP contribution in [0.5, 0.6) is 0 Å². The van der Waals surface area contributed by atoms with Gasteiger partial charge in [0.1, 0.15) is 5.82 Å². The topological polar surface area (TPSA) is 61.4 Å². The Hall–Kier alpha value is -2.54. The summed E-state index contributed by atoms with van der Waals surface area (Å²) < 4.78 is 13.5. The third-order valence-corrected chi connectivity index (χ3v) is 4.30. The maximum Gasteiger partial charge on any atom is 0.234 e. The molecule has 0 atom stereocenters. The number of nitrogens with one attached hydrogen (secondary N) is 1. The van der Waals surface area contributed by atoms with E-state index in [0.29, 0.717) is 18.7 Å². The standard InChI is InChI=1S/C18H22FN5O/c1-14-3-4-15(11-16(14)19)12-22-17(25)13-23-7-9-24(10-8-23)18-20-5-2-6-21-18/h2-6,11H,7-10,12-13H2,1H3,(H,22,25). The molecular formula is C18H22FN5O. The van der Waals surface area contributed by atoms with Crippen molar-refractivity contribution in [2.75, 3.05) is 37.6 Å². The predicted molar refractivity (Wildman–Crippen MR) is 93.7 cm³/mol. The molecule has 1 fully saturated rings. The summed E-state index contributed by atoms with van der Waals surface area (Å²) in [7, 11) is 0. The Labute approximate surface area is 146 Å². The Balaban J connectivity index is 1.42. The average molecular weight is 343 g/mol. The molecule has 132 valence electrons. The lowest BCUT2D eigenvalue weighted by Crippen LogP contribution is -2.49. The monoisotopic (exact) mass is 343 g/mol. The van der Waals surface area contributed by atoms with Crippen LogP contribution < -0.4 is 10.2 Å². The highest BCUT2D eigenvalue weighted by atomic mass is 19.1. The highest BCUT2D eigenvalue weighted by molar-refractivity contribution is 5.78. The number of piperazine rings is 1. The number of halogens is 1. The predicted octanol–water partition coefficient (Wildman–Crippen LogP) is 1.36. The number of hydrogen-bond acceptors (Lipinski definition) is 5. The Morgan fingerprint density at radius 1 is 1.20 bits per heavy atom. The second-order valence-electron chi connectivity index (χ2n) is 6.17.